The van der Waals surface area contributed by atoms with Gasteiger partial charge < -0.3 is 16.2 Å². The SMILES string of the molecule is I.NC(=NCC1(O)CCc2ccccc21)Nc1ccc2c(c1)CCC2. The van der Waals surface area contributed by atoms with Crippen LogP contribution in [0.15, 0.2) is 47.5 Å². The van der Waals surface area contributed by atoms with Gasteiger partial charge in [-0.3, -0.25) is 0 Å². The number of nitrogens with zero attached hydrogens (tertiary/aromatic N) is 1. The molecule has 0 heterocycles. The van der Waals surface area contributed by atoms with Crippen molar-refractivity contribution in [3.05, 3.63) is 64.7 Å². The standard InChI is InChI=1S/C20H23N3O.HI/c21-19(23-17-9-8-14-5-3-6-16(14)12-17)22-13-20(24)11-10-15-4-1-2-7-18(15)20;/h1-2,4,7-9,12,24H,3,5-6,10-11,13H2,(H3,21,22,23);1H. The van der Waals surface area contributed by atoms with Crippen LogP contribution in [0.1, 0.15) is 35.1 Å². The van der Waals surface area contributed by atoms with Gasteiger partial charge in [-0.2, -0.15) is 0 Å². The number of nitrogens with two attached hydrogens (primary N) is 1. The van der Waals surface area contributed by atoms with Crippen LogP contribution in [0.3, 0.4) is 0 Å². The topological polar surface area (TPSA) is 70.6 Å². The van der Waals surface area contributed by atoms with Gasteiger partial charge in [-0.15, -0.1) is 24.0 Å². The van der Waals surface area contributed by atoms with Crippen molar-refractivity contribution in [2.75, 3.05) is 11.9 Å². The highest BCUT2D eigenvalue weighted by Gasteiger charge is 2.36. The second-order valence-electron chi connectivity index (χ2n) is 6.85. The Labute approximate surface area is 165 Å². The van der Waals surface area contributed by atoms with Gasteiger partial charge in [-0.05, 0) is 66.5 Å². The van der Waals surface area contributed by atoms with E-state index in [1.807, 2.05) is 24.3 Å². The highest BCUT2D eigenvalue weighted by Crippen LogP contribution is 2.36. The number of hydrogen-bond donors (Lipinski definition) is 3. The first-order valence-electron chi connectivity index (χ1n) is 8.64. The largest absolute Gasteiger partial charge is 0.383 e. The summed E-state index contributed by atoms with van der Waals surface area (Å²) in [7, 11) is 0. The van der Waals surface area contributed by atoms with E-state index in [-0.39, 0.29) is 30.5 Å². The Hall–Kier alpha value is -1.60. The number of fused-ring (bicyclic) bond motifs is 2. The van der Waals surface area contributed by atoms with Crippen LogP contribution in [0.25, 0.3) is 0 Å². The van der Waals surface area contributed by atoms with Crippen molar-refractivity contribution in [3.8, 4) is 0 Å². The third-order valence-corrected chi connectivity index (χ3v) is 5.21. The van der Waals surface area contributed by atoms with Gasteiger partial charge in [-0.1, -0.05) is 30.3 Å². The van der Waals surface area contributed by atoms with Crippen LogP contribution in [-0.2, 0) is 24.9 Å². The number of aryl methyl sites for hydroxylation is 3. The maximum absolute atomic E-state index is 10.9. The Kier molecular flexibility index (Phi) is 5.34. The number of benzene rings is 2. The van der Waals surface area contributed by atoms with E-state index in [0.717, 1.165) is 24.1 Å². The van der Waals surface area contributed by atoms with Crippen LogP contribution in [0.2, 0.25) is 0 Å². The summed E-state index contributed by atoms with van der Waals surface area (Å²) < 4.78 is 0. The second-order valence-corrected chi connectivity index (χ2v) is 6.85. The molecule has 0 saturated carbocycles. The van der Waals surface area contributed by atoms with E-state index in [0.29, 0.717) is 12.4 Å². The number of halogens is 1. The molecule has 2 aliphatic carbocycles. The van der Waals surface area contributed by atoms with Gasteiger partial charge in [0.15, 0.2) is 5.96 Å². The average molecular weight is 449 g/mol. The zero-order valence-electron chi connectivity index (χ0n) is 14.2. The molecule has 0 spiro atoms. The lowest BCUT2D eigenvalue weighted by Gasteiger charge is -2.22. The summed E-state index contributed by atoms with van der Waals surface area (Å²) in [6.45, 7) is 0.286. The molecule has 1 atom stereocenters. The number of rotatable bonds is 3. The molecule has 25 heavy (non-hydrogen) atoms. The van der Waals surface area contributed by atoms with E-state index in [4.69, 9.17) is 5.73 Å². The third-order valence-electron chi connectivity index (χ3n) is 5.21. The first-order valence-corrected chi connectivity index (χ1v) is 8.64. The molecular formula is C20H24IN3O. The molecule has 0 saturated heterocycles. The fraction of sp³-hybridized carbons (Fsp3) is 0.350. The molecule has 5 heteroatoms. The average Bonchev–Trinajstić information content (AvgIpc) is 3.18. The number of nitrogens with one attached hydrogen (secondary N) is 1. The monoisotopic (exact) mass is 449 g/mol. The number of anilines is 1. The Balaban J connectivity index is 0.00000182. The Morgan fingerprint density at radius 3 is 2.76 bits per heavy atom. The maximum Gasteiger partial charge on any atom is 0.193 e. The molecule has 0 radical (unpaired) electrons. The van der Waals surface area contributed by atoms with Crippen LogP contribution >= 0.6 is 24.0 Å². The summed E-state index contributed by atoms with van der Waals surface area (Å²) >= 11 is 0. The van der Waals surface area contributed by atoms with E-state index >= 15 is 0 Å². The quantitative estimate of drug-likeness (QED) is 0.383. The summed E-state index contributed by atoms with van der Waals surface area (Å²) in [6.07, 6.45) is 5.13. The molecular weight excluding hydrogens is 425 g/mol. The molecule has 4 nitrogen and oxygen atoms in total. The third kappa shape index (κ3) is 3.67. The van der Waals surface area contributed by atoms with Gasteiger partial charge in [0.1, 0.15) is 5.60 Å². The van der Waals surface area contributed by atoms with Gasteiger partial charge in [0.25, 0.3) is 0 Å². The molecule has 4 rings (SSSR count). The van der Waals surface area contributed by atoms with E-state index in [1.54, 1.807) is 0 Å². The van der Waals surface area contributed by atoms with Gasteiger partial charge in [0.05, 0.1) is 6.54 Å². The predicted molar refractivity (Wildman–Crippen MR) is 113 cm³/mol. The lowest BCUT2D eigenvalue weighted by molar-refractivity contribution is 0.0487. The molecule has 2 aromatic carbocycles. The zero-order valence-corrected chi connectivity index (χ0v) is 16.5. The van der Waals surface area contributed by atoms with Crippen LogP contribution in [0, 0.1) is 0 Å². The predicted octanol–water partition coefficient (Wildman–Crippen LogP) is 3.35. The molecule has 0 aliphatic heterocycles. The van der Waals surface area contributed by atoms with Gasteiger partial charge >= 0.3 is 0 Å². The smallest absolute Gasteiger partial charge is 0.193 e. The molecule has 0 bridgehead atoms. The van der Waals surface area contributed by atoms with Crippen molar-refractivity contribution in [1.29, 1.82) is 0 Å². The van der Waals surface area contributed by atoms with E-state index in [1.165, 1.54) is 29.5 Å². The molecule has 2 aliphatic rings. The molecule has 1 unspecified atom stereocenters. The Bertz CT molecular complexity index is 805. The van der Waals surface area contributed by atoms with E-state index in [2.05, 4.69) is 28.5 Å². The summed E-state index contributed by atoms with van der Waals surface area (Å²) in [5.41, 5.74) is 11.1. The highest BCUT2D eigenvalue weighted by atomic mass is 127. The van der Waals surface area contributed by atoms with Gasteiger partial charge in [0.2, 0.25) is 0 Å². The van der Waals surface area contributed by atoms with E-state index in [9.17, 15) is 5.11 Å². The minimum atomic E-state index is -0.902. The normalized spacial score (nSPS) is 21.4. The Morgan fingerprint density at radius 1 is 1.08 bits per heavy atom. The number of aliphatic imine (C=N–C) groups is 1. The van der Waals surface area contributed by atoms with Gasteiger partial charge in [-0.25, -0.2) is 4.99 Å². The van der Waals surface area contributed by atoms with Crippen LogP contribution in [0.5, 0.6) is 0 Å². The zero-order chi connectivity index (χ0) is 16.6. The van der Waals surface area contributed by atoms with Crippen molar-refractivity contribution in [3.63, 3.8) is 0 Å². The summed E-state index contributed by atoms with van der Waals surface area (Å²) in [4.78, 5) is 4.40. The molecule has 0 amide bonds. The van der Waals surface area contributed by atoms with E-state index < -0.39 is 5.60 Å². The fourth-order valence-corrected chi connectivity index (χ4v) is 3.89. The van der Waals surface area contributed by atoms with Gasteiger partial charge in [0, 0.05) is 5.69 Å². The molecule has 4 N–H and O–H groups in total. The number of hydrogen-bond acceptors (Lipinski definition) is 2. The summed E-state index contributed by atoms with van der Waals surface area (Å²) in [5.74, 6) is 0.353. The van der Waals surface area contributed by atoms with Crippen molar-refractivity contribution < 1.29 is 5.11 Å². The minimum Gasteiger partial charge on any atom is -0.383 e. The first kappa shape index (κ1) is 18.2. The molecule has 2 aromatic rings. The number of aliphatic hydroxyl groups is 1. The van der Waals surface area contributed by atoms with Crippen molar-refractivity contribution in [1.82, 2.24) is 0 Å². The molecule has 0 aromatic heterocycles. The molecule has 0 fully saturated rings. The fourth-order valence-electron chi connectivity index (χ4n) is 3.89. The van der Waals surface area contributed by atoms with Crippen LogP contribution < -0.4 is 11.1 Å². The Morgan fingerprint density at radius 2 is 1.88 bits per heavy atom. The number of guanidine groups is 1. The van der Waals surface area contributed by atoms with Crippen LogP contribution in [0.4, 0.5) is 5.69 Å². The van der Waals surface area contributed by atoms with Crippen molar-refractivity contribution >= 4 is 35.6 Å². The maximum atomic E-state index is 10.9. The highest BCUT2D eigenvalue weighted by molar-refractivity contribution is 14.0. The van der Waals surface area contributed by atoms with Crippen molar-refractivity contribution in [2.24, 2.45) is 10.7 Å². The lowest BCUT2D eigenvalue weighted by Crippen LogP contribution is -2.30. The first-order chi connectivity index (χ1) is 11.6. The molecule has 132 valence electrons. The second kappa shape index (κ2) is 7.33. The van der Waals surface area contributed by atoms with Crippen LogP contribution in [-0.4, -0.2) is 17.6 Å². The lowest BCUT2D eigenvalue weighted by atomic mass is 9.96. The summed E-state index contributed by atoms with van der Waals surface area (Å²) in [5, 5.41) is 14.0. The summed E-state index contributed by atoms with van der Waals surface area (Å²) in [6, 6.07) is 14.4. The minimum absolute atomic E-state index is 0. The van der Waals surface area contributed by atoms with Crippen molar-refractivity contribution in [2.45, 2.75) is 37.7 Å².